The number of carbonyl (C=O) groups excluding carboxylic acids is 2. The summed E-state index contributed by atoms with van der Waals surface area (Å²) in [5.41, 5.74) is -0.186. The summed E-state index contributed by atoms with van der Waals surface area (Å²) < 4.78 is 5.41. The number of piperidine rings is 1. The molecule has 8 nitrogen and oxygen atoms in total. The normalized spacial score (nSPS) is 28.5. The SMILES string of the molecule is O=C(NC1CN2CCCC[C@]2(C(=O)NCC2CCOCC2)C1)c1cnccn1. The average Bonchev–Trinajstić information content (AvgIpc) is 3.12. The molecule has 28 heavy (non-hydrogen) atoms. The van der Waals surface area contributed by atoms with Gasteiger partial charge in [0.2, 0.25) is 5.91 Å². The highest BCUT2D eigenvalue weighted by molar-refractivity contribution is 5.92. The summed E-state index contributed by atoms with van der Waals surface area (Å²) in [7, 11) is 0. The lowest BCUT2D eigenvalue weighted by Gasteiger charge is -2.41. The summed E-state index contributed by atoms with van der Waals surface area (Å²) in [4.78, 5) is 36.0. The second-order valence-electron chi connectivity index (χ2n) is 8.17. The van der Waals surface area contributed by atoms with Crippen LogP contribution in [0.2, 0.25) is 0 Å². The van der Waals surface area contributed by atoms with Crippen LogP contribution in [0, 0.1) is 5.92 Å². The van der Waals surface area contributed by atoms with Crippen LogP contribution in [0.3, 0.4) is 0 Å². The fourth-order valence-electron chi connectivity index (χ4n) is 4.80. The van der Waals surface area contributed by atoms with Crippen molar-refractivity contribution in [2.75, 3.05) is 32.8 Å². The van der Waals surface area contributed by atoms with Crippen molar-refractivity contribution in [3.05, 3.63) is 24.3 Å². The first-order chi connectivity index (χ1) is 13.7. The van der Waals surface area contributed by atoms with Crippen molar-refractivity contribution in [2.24, 2.45) is 5.92 Å². The predicted octanol–water partition coefficient (Wildman–Crippen LogP) is 0.746. The minimum Gasteiger partial charge on any atom is -0.381 e. The Hall–Kier alpha value is -2.06. The molecule has 4 heterocycles. The van der Waals surface area contributed by atoms with Gasteiger partial charge in [0.25, 0.3) is 5.91 Å². The lowest BCUT2D eigenvalue weighted by Crippen LogP contribution is -2.58. The first-order valence-corrected chi connectivity index (χ1v) is 10.4. The molecule has 3 aliphatic heterocycles. The largest absolute Gasteiger partial charge is 0.381 e. The second kappa shape index (κ2) is 8.53. The molecule has 1 unspecified atom stereocenters. The minimum atomic E-state index is -0.496. The van der Waals surface area contributed by atoms with Crippen LogP contribution < -0.4 is 10.6 Å². The summed E-state index contributed by atoms with van der Waals surface area (Å²) >= 11 is 0. The van der Waals surface area contributed by atoms with Crippen molar-refractivity contribution in [1.29, 1.82) is 0 Å². The number of hydrogen-bond acceptors (Lipinski definition) is 6. The third-order valence-electron chi connectivity index (χ3n) is 6.34. The van der Waals surface area contributed by atoms with Crippen LogP contribution >= 0.6 is 0 Å². The van der Waals surface area contributed by atoms with E-state index in [1.165, 1.54) is 12.4 Å². The molecule has 0 spiro atoms. The van der Waals surface area contributed by atoms with Crippen molar-refractivity contribution in [3.8, 4) is 0 Å². The Morgan fingerprint density at radius 2 is 2.11 bits per heavy atom. The number of ether oxygens (including phenoxy) is 1. The third kappa shape index (κ3) is 4.03. The highest BCUT2D eigenvalue weighted by Crippen LogP contribution is 2.38. The fourth-order valence-corrected chi connectivity index (χ4v) is 4.80. The lowest BCUT2D eigenvalue weighted by atomic mass is 9.84. The van der Waals surface area contributed by atoms with Crippen LogP contribution in [0.25, 0.3) is 0 Å². The van der Waals surface area contributed by atoms with E-state index < -0.39 is 5.54 Å². The Bertz CT molecular complexity index is 694. The zero-order valence-corrected chi connectivity index (χ0v) is 16.2. The number of aromatic nitrogens is 2. The maximum Gasteiger partial charge on any atom is 0.271 e. The topological polar surface area (TPSA) is 96.5 Å². The molecule has 1 aromatic heterocycles. The molecule has 2 N–H and O–H groups in total. The van der Waals surface area contributed by atoms with Crippen molar-refractivity contribution < 1.29 is 14.3 Å². The van der Waals surface area contributed by atoms with E-state index in [4.69, 9.17) is 4.74 Å². The molecular weight excluding hydrogens is 358 g/mol. The Morgan fingerprint density at radius 3 is 2.89 bits per heavy atom. The van der Waals surface area contributed by atoms with Gasteiger partial charge in [0.15, 0.2) is 0 Å². The van der Waals surface area contributed by atoms with Crippen LogP contribution in [-0.2, 0) is 9.53 Å². The smallest absolute Gasteiger partial charge is 0.271 e. The Morgan fingerprint density at radius 1 is 1.25 bits per heavy atom. The van der Waals surface area contributed by atoms with E-state index in [-0.39, 0.29) is 17.9 Å². The summed E-state index contributed by atoms with van der Waals surface area (Å²) in [6.07, 6.45) is 10.2. The number of nitrogens with one attached hydrogen (secondary N) is 2. The Balaban J connectivity index is 1.39. The van der Waals surface area contributed by atoms with Crippen LogP contribution in [0.4, 0.5) is 0 Å². The molecule has 3 fully saturated rings. The maximum absolute atomic E-state index is 13.2. The predicted molar refractivity (Wildman–Crippen MR) is 103 cm³/mol. The van der Waals surface area contributed by atoms with E-state index in [2.05, 4.69) is 25.5 Å². The number of fused-ring (bicyclic) bond motifs is 1. The van der Waals surface area contributed by atoms with Crippen molar-refractivity contribution in [1.82, 2.24) is 25.5 Å². The molecule has 3 saturated heterocycles. The Kier molecular flexibility index (Phi) is 5.87. The first kappa shape index (κ1) is 19.3. The molecule has 0 aliphatic carbocycles. The van der Waals surface area contributed by atoms with E-state index in [9.17, 15) is 9.59 Å². The first-order valence-electron chi connectivity index (χ1n) is 10.4. The summed E-state index contributed by atoms with van der Waals surface area (Å²) in [6, 6.07) is -0.0542. The van der Waals surface area contributed by atoms with Gasteiger partial charge in [0, 0.05) is 44.7 Å². The molecule has 2 atom stereocenters. The van der Waals surface area contributed by atoms with Gasteiger partial charge >= 0.3 is 0 Å². The van der Waals surface area contributed by atoms with Crippen molar-refractivity contribution in [2.45, 2.75) is 50.1 Å². The number of amides is 2. The van der Waals surface area contributed by atoms with Gasteiger partial charge in [0.05, 0.1) is 6.20 Å². The van der Waals surface area contributed by atoms with E-state index in [1.54, 1.807) is 6.20 Å². The molecule has 0 saturated carbocycles. The van der Waals surface area contributed by atoms with Gasteiger partial charge in [-0.25, -0.2) is 4.98 Å². The van der Waals surface area contributed by atoms with Gasteiger partial charge in [-0.2, -0.15) is 0 Å². The average molecular weight is 387 g/mol. The zero-order valence-electron chi connectivity index (χ0n) is 16.2. The monoisotopic (exact) mass is 387 g/mol. The summed E-state index contributed by atoms with van der Waals surface area (Å²) in [6.45, 7) is 3.90. The number of rotatable bonds is 5. The van der Waals surface area contributed by atoms with Gasteiger partial charge in [-0.3, -0.25) is 19.5 Å². The minimum absolute atomic E-state index is 0.0542. The molecule has 1 aromatic rings. The van der Waals surface area contributed by atoms with E-state index >= 15 is 0 Å². The van der Waals surface area contributed by atoms with Crippen LogP contribution in [0.5, 0.6) is 0 Å². The summed E-state index contributed by atoms with van der Waals surface area (Å²) in [5.74, 6) is 0.394. The third-order valence-corrected chi connectivity index (χ3v) is 6.34. The number of hydrogen-bond donors (Lipinski definition) is 2. The van der Waals surface area contributed by atoms with Gasteiger partial charge in [-0.1, -0.05) is 0 Å². The molecule has 0 bridgehead atoms. The van der Waals surface area contributed by atoms with Gasteiger partial charge in [-0.15, -0.1) is 0 Å². The van der Waals surface area contributed by atoms with Crippen LogP contribution in [0.1, 0.15) is 49.0 Å². The second-order valence-corrected chi connectivity index (χ2v) is 8.17. The van der Waals surface area contributed by atoms with E-state index in [0.717, 1.165) is 51.9 Å². The van der Waals surface area contributed by atoms with Crippen LogP contribution in [-0.4, -0.2) is 71.1 Å². The number of nitrogens with zero attached hydrogens (tertiary/aromatic N) is 3. The Labute approximate surface area is 165 Å². The van der Waals surface area contributed by atoms with Gasteiger partial charge < -0.3 is 15.4 Å². The lowest BCUT2D eigenvalue weighted by molar-refractivity contribution is -0.134. The van der Waals surface area contributed by atoms with Gasteiger partial charge in [0.1, 0.15) is 11.2 Å². The molecule has 4 rings (SSSR count). The highest BCUT2D eigenvalue weighted by atomic mass is 16.5. The zero-order chi connectivity index (χ0) is 19.4. The summed E-state index contributed by atoms with van der Waals surface area (Å²) in [5, 5.41) is 6.28. The molecule has 8 heteroatoms. The van der Waals surface area contributed by atoms with E-state index in [0.29, 0.717) is 31.1 Å². The molecule has 3 aliphatic rings. The molecule has 2 amide bonds. The van der Waals surface area contributed by atoms with Crippen molar-refractivity contribution >= 4 is 11.8 Å². The fraction of sp³-hybridized carbons (Fsp3) is 0.700. The van der Waals surface area contributed by atoms with Gasteiger partial charge in [-0.05, 0) is 51.0 Å². The molecule has 0 aromatic carbocycles. The number of carbonyl (C=O) groups is 2. The standard InChI is InChI=1S/C20H29N5O3/c26-18(17-13-21-6-7-22-17)24-16-11-20(5-1-2-8-25(20)14-16)19(27)23-12-15-3-9-28-10-4-15/h6-7,13,15-16H,1-5,8-12,14H2,(H,23,27)(H,24,26)/t16?,20-/m1/s1. The highest BCUT2D eigenvalue weighted by Gasteiger charge is 2.52. The molecule has 152 valence electrons. The van der Waals surface area contributed by atoms with E-state index in [1.807, 2.05) is 0 Å². The quantitative estimate of drug-likeness (QED) is 0.774. The molecule has 0 radical (unpaired) electrons. The van der Waals surface area contributed by atoms with Crippen LogP contribution in [0.15, 0.2) is 18.6 Å². The van der Waals surface area contributed by atoms with Crippen molar-refractivity contribution in [3.63, 3.8) is 0 Å². The molecular formula is C20H29N5O3. The maximum atomic E-state index is 13.2.